The van der Waals surface area contributed by atoms with E-state index < -0.39 is 5.82 Å². The van der Waals surface area contributed by atoms with Crippen molar-refractivity contribution >= 4 is 5.78 Å². The van der Waals surface area contributed by atoms with Gasteiger partial charge in [-0.2, -0.15) is 0 Å². The van der Waals surface area contributed by atoms with Crippen LogP contribution in [0, 0.1) is 12.7 Å². The summed E-state index contributed by atoms with van der Waals surface area (Å²) in [6.45, 7) is 2.63. The number of halogens is 1. The molecule has 0 bridgehead atoms. The molecule has 0 atom stereocenters. The topological polar surface area (TPSA) is 73.8 Å². The Bertz CT molecular complexity index is 559. The van der Waals surface area contributed by atoms with E-state index in [-0.39, 0.29) is 17.0 Å². The minimum Gasteiger partial charge on any atom is -0.329 e. The zero-order valence-corrected chi connectivity index (χ0v) is 9.93. The lowest BCUT2D eigenvalue weighted by Crippen LogP contribution is -2.10. The standard InChI is InChI=1S/C12H13FN4O/c1-8-4-9(6-10(13)5-8)12(18)11-7-17(3-2-14)16-15-11/h4-7H,2-3,14H2,1H3. The van der Waals surface area contributed by atoms with Crippen molar-refractivity contribution in [3.63, 3.8) is 0 Å². The minimum absolute atomic E-state index is 0.188. The molecule has 0 aliphatic carbocycles. The molecule has 0 saturated carbocycles. The quantitative estimate of drug-likeness (QED) is 0.816. The van der Waals surface area contributed by atoms with Gasteiger partial charge < -0.3 is 5.73 Å². The first-order valence-electron chi connectivity index (χ1n) is 5.52. The molecule has 0 fully saturated rings. The van der Waals surface area contributed by atoms with Crippen molar-refractivity contribution in [2.45, 2.75) is 13.5 Å². The smallest absolute Gasteiger partial charge is 0.215 e. The monoisotopic (exact) mass is 248 g/mol. The molecule has 0 unspecified atom stereocenters. The van der Waals surface area contributed by atoms with Crippen LogP contribution in [0.5, 0.6) is 0 Å². The van der Waals surface area contributed by atoms with Gasteiger partial charge >= 0.3 is 0 Å². The summed E-state index contributed by atoms with van der Waals surface area (Å²) in [5, 5.41) is 7.53. The maximum Gasteiger partial charge on any atom is 0.215 e. The molecule has 0 radical (unpaired) electrons. The van der Waals surface area contributed by atoms with Gasteiger partial charge in [0.05, 0.1) is 12.7 Å². The summed E-state index contributed by atoms with van der Waals surface area (Å²) in [7, 11) is 0. The lowest BCUT2D eigenvalue weighted by atomic mass is 10.1. The summed E-state index contributed by atoms with van der Waals surface area (Å²) in [6.07, 6.45) is 1.51. The molecular weight excluding hydrogens is 235 g/mol. The Morgan fingerprint density at radius 1 is 1.44 bits per heavy atom. The van der Waals surface area contributed by atoms with E-state index in [1.807, 2.05) is 0 Å². The van der Waals surface area contributed by atoms with E-state index in [4.69, 9.17) is 5.73 Å². The third-order valence-electron chi connectivity index (χ3n) is 2.43. The van der Waals surface area contributed by atoms with Gasteiger partial charge in [-0.1, -0.05) is 5.21 Å². The van der Waals surface area contributed by atoms with Gasteiger partial charge in [0, 0.05) is 12.1 Å². The van der Waals surface area contributed by atoms with Crippen LogP contribution in [0.15, 0.2) is 24.4 Å². The summed E-state index contributed by atoms with van der Waals surface area (Å²) in [5.41, 5.74) is 6.52. The molecule has 1 aromatic heterocycles. The van der Waals surface area contributed by atoms with E-state index in [2.05, 4.69) is 10.3 Å². The molecule has 1 aromatic carbocycles. The molecule has 2 N–H and O–H groups in total. The van der Waals surface area contributed by atoms with Crippen LogP contribution in [-0.2, 0) is 6.54 Å². The van der Waals surface area contributed by atoms with E-state index in [0.717, 1.165) is 0 Å². The molecule has 0 saturated heterocycles. The molecule has 2 rings (SSSR count). The highest BCUT2D eigenvalue weighted by Gasteiger charge is 2.14. The van der Waals surface area contributed by atoms with Crippen molar-refractivity contribution in [1.29, 1.82) is 0 Å². The van der Waals surface area contributed by atoms with Crippen LogP contribution in [0.3, 0.4) is 0 Å². The summed E-state index contributed by atoms with van der Waals surface area (Å²) in [6, 6.07) is 4.17. The highest BCUT2D eigenvalue weighted by molar-refractivity contribution is 6.07. The van der Waals surface area contributed by atoms with Crippen LogP contribution >= 0.6 is 0 Å². The van der Waals surface area contributed by atoms with Crippen LogP contribution in [-0.4, -0.2) is 27.3 Å². The predicted molar refractivity (Wildman–Crippen MR) is 63.6 cm³/mol. The van der Waals surface area contributed by atoms with Gasteiger partial charge in [0.25, 0.3) is 0 Å². The zero-order chi connectivity index (χ0) is 13.1. The Morgan fingerprint density at radius 3 is 2.89 bits per heavy atom. The third-order valence-corrected chi connectivity index (χ3v) is 2.43. The van der Waals surface area contributed by atoms with Crippen molar-refractivity contribution in [2.24, 2.45) is 5.73 Å². The molecule has 1 heterocycles. The fourth-order valence-corrected chi connectivity index (χ4v) is 1.66. The Balaban J connectivity index is 2.29. The van der Waals surface area contributed by atoms with Gasteiger partial charge in [-0.05, 0) is 30.7 Å². The van der Waals surface area contributed by atoms with E-state index in [0.29, 0.717) is 18.7 Å². The Hall–Kier alpha value is -2.08. The molecule has 2 aromatic rings. The number of nitrogens with zero attached hydrogens (tertiary/aromatic N) is 3. The summed E-state index contributed by atoms with van der Waals surface area (Å²) < 4.78 is 14.7. The van der Waals surface area contributed by atoms with Crippen LogP contribution in [0.4, 0.5) is 4.39 Å². The lowest BCUT2D eigenvalue weighted by Gasteiger charge is -1.99. The number of carbonyl (C=O) groups excluding carboxylic acids is 1. The Morgan fingerprint density at radius 2 is 2.22 bits per heavy atom. The molecule has 0 amide bonds. The lowest BCUT2D eigenvalue weighted by molar-refractivity contribution is 0.103. The molecule has 0 spiro atoms. The number of nitrogens with two attached hydrogens (primary N) is 1. The minimum atomic E-state index is -0.437. The summed E-state index contributed by atoms with van der Waals surface area (Å²) in [5.74, 6) is -0.784. The van der Waals surface area contributed by atoms with Crippen molar-refractivity contribution in [3.05, 3.63) is 47.0 Å². The second kappa shape index (κ2) is 5.05. The number of benzene rings is 1. The molecular formula is C12H13FN4O. The van der Waals surface area contributed by atoms with Crippen LogP contribution in [0.2, 0.25) is 0 Å². The number of aromatic nitrogens is 3. The number of ketones is 1. The van der Waals surface area contributed by atoms with E-state index >= 15 is 0 Å². The molecule has 18 heavy (non-hydrogen) atoms. The first-order chi connectivity index (χ1) is 8.60. The molecule has 0 aliphatic rings. The molecule has 94 valence electrons. The zero-order valence-electron chi connectivity index (χ0n) is 9.93. The second-order valence-electron chi connectivity index (χ2n) is 4.00. The van der Waals surface area contributed by atoms with Gasteiger partial charge in [-0.25, -0.2) is 4.39 Å². The van der Waals surface area contributed by atoms with Gasteiger partial charge in [0.15, 0.2) is 5.69 Å². The van der Waals surface area contributed by atoms with E-state index in [1.165, 1.54) is 23.0 Å². The van der Waals surface area contributed by atoms with Crippen molar-refractivity contribution in [1.82, 2.24) is 15.0 Å². The number of aryl methyl sites for hydroxylation is 1. The van der Waals surface area contributed by atoms with E-state index in [9.17, 15) is 9.18 Å². The van der Waals surface area contributed by atoms with Crippen molar-refractivity contribution in [2.75, 3.05) is 6.54 Å². The maximum atomic E-state index is 13.2. The SMILES string of the molecule is Cc1cc(F)cc(C(=O)c2cn(CCN)nn2)c1. The average molecular weight is 248 g/mol. The molecule has 6 heteroatoms. The summed E-state index contributed by atoms with van der Waals surface area (Å²) in [4.78, 5) is 12.1. The fraction of sp³-hybridized carbons (Fsp3) is 0.250. The normalized spacial score (nSPS) is 10.6. The van der Waals surface area contributed by atoms with Gasteiger partial charge in [-0.3, -0.25) is 9.48 Å². The van der Waals surface area contributed by atoms with Crippen LogP contribution < -0.4 is 5.73 Å². The number of rotatable bonds is 4. The third kappa shape index (κ3) is 2.60. The first-order valence-corrected chi connectivity index (χ1v) is 5.52. The Labute approximate surface area is 103 Å². The van der Waals surface area contributed by atoms with Crippen molar-refractivity contribution in [3.8, 4) is 0 Å². The van der Waals surface area contributed by atoms with Crippen LogP contribution in [0.25, 0.3) is 0 Å². The average Bonchev–Trinajstić information content (AvgIpc) is 2.76. The van der Waals surface area contributed by atoms with Gasteiger partial charge in [0.1, 0.15) is 5.82 Å². The first kappa shape index (κ1) is 12.4. The maximum absolute atomic E-state index is 13.2. The van der Waals surface area contributed by atoms with Crippen molar-refractivity contribution < 1.29 is 9.18 Å². The number of hydrogen-bond acceptors (Lipinski definition) is 4. The predicted octanol–water partition coefficient (Wildman–Crippen LogP) is 0.915. The highest BCUT2D eigenvalue weighted by atomic mass is 19.1. The number of hydrogen-bond donors (Lipinski definition) is 1. The Kier molecular flexibility index (Phi) is 3.47. The van der Waals surface area contributed by atoms with E-state index in [1.54, 1.807) is 13.0 Å². The largest absolute Gasteiger partial charge is 0.329 e. The molecule has 0 aliphatic heterocycles. The highest BCUT2D eigenvalue weighted by Crippen LogP contribution is 2.12. The van der Waals surface area contributed by atoms with Gasteiger partial charge in [-0.15, -0.1) is 5.10 Å². The van der Waals surface area contributed by atoms with Gasteiger partial charge in [0.2, 0.25) is 5.78 Å². The second-order valence-corrected chi connectivity index (χ2v) is 4.00. The fourth-order valence-electron chi connectivity index (χ4n) is 1.66. The van der Waals surface area contributed by atoms with Crippen LogP contribution in [0.1, 0.15) is 21.6 Å². The molecule has 5 nitrogen and oxygen atoms in total. The summed E-state index contributed by atoms with van der Waals surface area (Å²) >= 11 is 0. The number of carbonyl (C=O) groups is 1.